The van der Waals surface area contributed by atoms with Crippen LogP contribution >= 0.6 is 11.6 Å². The summed E-state index contributed by atoms with van der Waals surface area (Å²) in [6.07, 6.45) is 9.28. The highest BCUT2D eigenvalue weighted by Gasteiger charge is 2.45. The number of rotatable bonds is 7. The van der Waals surface area contributed by atoms with Gasteiger partial charge in [0.05, 0.1) is 17.7 Å². The van der Waals surface area contributed by atoms with E-state index in [0.717, 1.165) is 87.4 Å². The SMILES string of the molecule is [C-]#[N+]c1ccc(N2CC3(CCN(c4ccc(CN5CCC(C6CCN(c7ccc8c(c7)C(=O)N(C7CCC(=C)NC7=O)C8=O)CC6)CC5)cc4)CC3)C[C@@H]2C)cc1Cl. The van der Waals surface area contributed by atoms with Crippen molar-refractivity contribution in [2.45, 2.75) is 83.3 Å². The molecule has 0 aliphatic carbocycles. The molecule has 1 N–H and O–H groups in total. The van der Waals surface area contributed by atoms with Gasteiger partial charge in [-0.15, -0.1) is 0 Å². The summed E-state index contributed by atoms with van der Waals surface area (Å²) in [5.74, 6) is 0.362. The lowest BCUT2D eigenvalue weighted by Crippen LogP contribution is -2.51. The summed E-state index contributed by atoms with van der Waals surface area (Å²) in [5.41, 5.74) is 7.09. The number of halogens is 1. The fraction of sp³-hybridized carbons (Fsp3) is 0.489. The Morgan fingerprint density at radius 2 is 1.43 bits per heavy atom. The summed E-state index contributed by atoms with van der Waals surface area (Å²) < 4.78 is 0. The first kappa shape index (κ1) is 38.7. The Morgan fingerprint density at radius 1 is 0.793 bits per heavy atom. The first-order valence-electron chi connectivity index (χ1n) is 21.3. The molecule has 1 unspecified atom stereocenters. The van der Waals surface area contributed by atoms with E-state index in [2.05, 4.69) is 73.6 Å². The number of benzene rings is 3. The number of amides is 3. The number of carbonyl (C=O) groups is 3. The number of piperidine rings is 4. The smallest absolute Gasteiger partial charge is 0.262 e. The van der Waals surface area contributed by atoms with E-state index < -0.39 is 6.04 Å². The second-order valence-corrected chi connectivity index (χ2v) is 18.3. The first-order valence-corrected chi connectivity index (χ1v) is 21.7. The monoisotopic (exact) mass is 799 g/mol. The van der Waals surface area contributed by atoms with Crippen LogP contribution in [0.5, 0.6) is 0 Å². The highest BCUT2D eigenvalue weighted by molar-refractivity contribution is 6.33. The van der Waals surface area contributed by atoms with Crippen LogP contribution in [0.3, 0.4) is 0 Å². The van der Waals surface area contributed by atoms with Gasteiger partial charge in [-0.2, -0.15) is 0 Å². The van der Waals surface area contributed by atoms with Crippen LogP contribution in [0.15, 0.2) is 72.9 Å². The fourth-order valence-corrected chi connectivity index (χ4v) is 11.3. The van der Waals surface area contributed by atoms with E-state index in [9.17, 15) is 14.4 Å². The molecule has 3 amide bonds. The summed E-state index contributed by atoms with van der Waals surface area (Å²) in [7, 11) is 0. The largest absolute Gasteiger partial charge is 0.371 e. The zero-order valence-corrected chi connectivity index (χ0v) is 34.4. The standard InChI is InChI=1S/C47H54ClN7O3/c1-31-4-13-43(44(56)50-31)55-45(57)39-11-9-37(26-40(39)46(55)58)52-22-16-35(17-23-52)34-14-20-51(21-15-34)29-33-5-7-36(8-6-33)53-24-18-47(19-25-53)28-32(2)54(30-47)38-10-12-42(49-3)41(48)27-38/h5-12,26-27,32,34-35,43H,1,4,13-25,28-30H2,2H3,(H,50,56)/t32-,43?/m0/s1. The Labute approximate surface area is 347 Å². The van der Waals surface area contributed by atoms with Crippen LogP contribution in [0.1, 0.15) is 91.0 Å². The van der Waals surface area contributed by atoms with Gasteiger partial charge in [-0.3, -0.25) is 24.2 Å². The molecule has 0 saturated carbocycles. The van der Waals surface area contributed by atoms with E-state index in [-0.39, 0.29) is 17.7 Å². The number of likely N-dealkylation sites (tertiary alicyclic amines) is 1. The maximum atomic E-state index is 13.4. The third kappa shape index (κ3) is 7.37. The molecule has 6 aliphatic heterocycles. The highest BCUT2D eigenvalue weighted by atomic mass is 35.5. The van der Waals surface area contributed by atoms with Crippen LogP contribution in [-0.4, -0.2) is 85.4 Å². The van der Waals surface area contributed by atoms with Gasteiger partial charge < -0.3 is 20.0 Å². The number of imide groups is 1. The minimum absolute atomic E-state index is 0.326. The fourth-order valence-electron chi connectivity index (χ4n) is 11.0. The molecule has 0 bridgehead atoms. The van der Waals surface area contributed by atoms with Crippen LogP contribution in [-0.2, 0) is 11.3 Å². The van der Waals surface area contributed by atoms with E-state index in [1.807, 2.05) is 24.3 Å². The van der Waals surface area contributed by atoms with Crippen LogP contribution in [0.4, 0.5) is 22.7 Å². The Hall–Kier alpha value is -4.85. The predicted octanol–water partition coefficient (Wildman–Crippen LogP) is 8.29. The number of fused-ring (bicyclic) bond motifs is 1. The van der Waals surface area contributed by atoms with Crippen LogP contribution in [0, 0.1) is 23.8 Å². The zero-order valence-electron chi connectivity index (χ0n) is 33.6. The lowest BCUT2D eigenvalue weighted by atomic mass is 9.76. The van der Waals surface area contributed by atoms with Crippen LogP contribution in [0.2, 0.25) is 5.02 Å². The van der Waals surface area contributed by atoms with Crippen molar-refractivity contribution < 1.29 is 14.4 Å². The van der Waals surface area contributed by atoms with Gasteiger partial charge in [-0.1, -0.05) is 36.4 Å². The molecule has 0 radical (unpaired) electrons. The van der Waals surface area contributed by atoms with Crippen molar-refractivity contribution >= 4 is 52.1 Å². The van der Waals surface area contributed by atoms with E-state index in [1.165, 1.54) is 43.4 Å². The molecule has 0 aromatic heterocycles. The second kappa shape index (κ2) is 15.7. The number of hydrogen-bond donors (Lipinski definition) is 1. The average Bonchev–Trinajstić information content (AvgIpc) is 3.69. The Balaban J connectivity index is 0.720. The van der Waals surface area contributed by atoms with E-state index in [0.29, 0.717) is 57.8 Å². The molecule has 6 aliphatic rings. The Kier molecular flexibility index (Phi) is 10.5. The minimum atomic E-state index is -0.790. The molecular weight excluding hydrogens is 746 g/mol. The predicted molar refractivity (Wildman–Crippen MR) is 230 cm³/mol. The average molecular weight is 800 g/mol. The summed E-state index contributed by atoms with van der Waals surface area (Å²) in [6.45, 7) is 21.8. The van der Waals surface area contributed by atoms with Gasteiger partial charge in [-0.05, 0) is 143 Å². The summed E-state index contributed by atoms with van der Waals surface area (Å²) >= 11 is 6.41. The number of nitrogens with one attached hydrogen (secondary N) is 1. The van der Waals surface area contributed by atoms with E-state index >= 15 is 0 Å². The van der Waals surface area contributed by atoms with Crippen molar-refractivity contribution in [2.24, 2.45) is 17.3 Å². The van der Waals surface area contributed by atoms with Crippen molar-refractivity contribution in [3.8, 4) is 0 Å². The maximum absolute atomic E-state index is 13.4. The van der Waals surface area contributed by atoms with Gasteiger partial charge in [0.15, 0.2) is 0 Å². The topological polar surface area (TPSA) is 83.8 Å². The molecule has 10 nitrogen and oxygen atoms in total. The number of nitrogens with zero attached hydrogens (tertiary/aromatic N) is 6. The lowest BCUT2D eigenvalue weighted by Gasteiger charge is -2.41. The van der Waals surface area contributed by atoms with Crippen molar-refractivity contribution in [1.29, 1.82) is 0 Å². The molecule has 9 rings (SSSR count). The Morgan fingerprint density at radius 3 is 2.10 bits per heavy atom. The van der Waals surface area contributed by atoms with Crippen LogP contribution in [0.25, 0.3) is 4.85 Å². The molecule has 1 spiro atoms. The normalized spacial score (nSPS) is 24.4. The molecule has 58 heavy (non-hydrogen) atoms. The summed E-state index contributed by atoms with van der Waals surface area (Å²) in [5, 5.41) is 3.25. The number of carbonyl (C=O) groups excluding carboxylic acids is 3. The van der Waals surface area contributed by atoms with Crippen molar-refractivity contribution in [3.05, 3.63) is 106 Å². The molecular formula is C47H54ClN7O3. The molecule has 5 saturated heterocycles. The molecule has 302 valence electrons. The molecule has 3 aromatic carbocycles. The van der Waals surface area contributed by atoms with Gasteiger partial charge >= 0.3 is 0 Å². The van der Waals surface area contributed by atoms with E-state index in [1.54, 1.807) is 6.07 Å². The number of hydrogen-bond acceptors (Lipinski definition) is 7. The minimum Gasteiger partial charge on any atom is -0.371 e. The highest BCUT2D eigenvalue weighted by Crippen LogP contribution is 2.46. The number of allylic oxidation sites excluding steroid dienone is 1. The van der Waals surface area contributed by atoms with Gasteiger partial charge in [0, 0.05) is 73.1 Å². The van der Waals surface area contributed by atoms with Crippen LogP contribution < -0.4 is 20.0 Å². The molecule has 2 atom stereocenters. The third-order valence-corrected chi connectivity index (χ3v) is 14.7. The molecule has 5 fully saturated rings. The van der Waals surface area contributed by atoms with Crippen molar-refractivity contribution in [1.82, 2.24) is 15.1 Å². The first-order chi connectivity index (χ1) is 28.1. The zero-order chi connectivity index (χ0) is 40.1. The summed E-state index contributed by atoms with van der Waals surface area (Å²) in [6, 6.07) is 20.5. The second-order valence-electron chi connectivity index (χ2n) is 17.9. The van der Waals surface area contributed by atoms with Crippen molar-refractivity contribution in [2.75, 3.05) is 60.5 Å². The Bertz CT molecular complexity index is 2140. The molecule has 6 heterocycles. The maximum Gasteiger partial charge on any atom is 0.262 e. The van der Waals surface area contributed by atoms with Crippen molar-refractivity contribution in [3.63, 3.8) is 0 Å². The van der Waals surface area contributed by atoms with Gasteiger partial charge in [0.1, 0.15) is 6.04 Å². The lowest BCUT2D eigenvalue weighted by molar-refractivity contribution is -0.125. The van der Waals surface area contributed by atoms with Gasteiger partial charge in [0.2, 0.25) is 11.6 Å². The van der Waals surface area contributed by atoms with Gasteiger partial charge in [0.25, 0.3) is 11.8 Å². The third-order valence-electron chi connectivity index (χ3n) is 14.4. The summed E-state index contributed by atoms with van der Waals surface area (Å²) in [4.78, 5) is 54.0. The van der Waals surface area contributed by atoms with Gasteiger partial charge in [-0.25, -0.2) is 4.85 Å². The molecule has 3 aromatic rings. The van der Waals surface area contributed by atoms with E-state index in [4.69, 9.17) is 18.2 Å². The quantitative estimate of drug-likeness (QED) is 0.190. The molecule has 11 heteroatoms. The number of anilines is 3.